The number of hydrogen-bond acceptors (Lipinski definition) is 4. The van der Waals surface area contributed by atoms with E-state index in [4.69, 9.17) is 16.7 Å². The molecule has 4 nitrogen and oxygen atoms in total. The summed E-state index contributed by atoms with van der Waals surface area (Å²) in [6.45, 7) is 0. The van der Waals surface area contributed by atoms with Crippen molar-refractivity contribution in [3.63, 3.8) is 0 Å². The van der Waals surface area contributed by atoms with Gasteiger partial charge in [-0.25, -0.2) is 8.42 Å². The van der Waals surface area contributed by atoms with Gasteiger partial charge in [-0.1, -0.05) is 23.7 Å². The third-order valence-electron chi connectivity index (χ3n) is 1.43. The molecule has 0 fully saturated rings. The Hall–Kier alpha value is 0.380. The smallest absolute Gasteiger partial charge is 0.746 e. The molecule has 1 aromatic rings. The fourth-order valence-corrected chi connectivity index (χ4v) is 1.41. The van der Waals surface area contributed by atoms with Gasteiger partial charge < -0.3 is 9.66 Å². The normalized spacial score (nSPS) is 13.1. The Morgan fingerprint density at radius 3 is 2.07 bits per heavy atom. The molecular weight excluding hydrogens is 239 g/mol. The molecule has 0 spiro atoms. The molecule has 14 heavy (non-hydrogen) atoms. The van der Waals surface area contributed by atoms with Crippen LogP contribution in [-0.2, 0) is 10.1 Å². The van der Waals surface area contributed by atoms with E-state index < -0.39 is 15.6 Å². The summed E-state index contributed by atoms with van der Waals surface area (Å²) in [5, 5.41) is 9.41. The first-order valence-electron chi connectivity index (χ1n) is 3.29. The molecule has 0 heterocycles. The maximum absolute atomic E-state index is 10.4. The maximum atomic E-state index is 10.4. The van der Waals surface area contributed by atoms with Crippen LogP contribution in [0.3, 0.4) is 0 Å². The van der Waals surface area contributed by atoms with E-state index >= 15 is 0 Å². The second-order valence-electron chi connectivity index (χ2n) is 2.40. The summed E-state index contributed by atoms with van der Waals surface area (Å²) in [7, 11) is -4.71. The summed E-state index contributed by atoms with van der Waals surface area (Å²) in [6, 6.07) is 5.35. The van der Waals surface area contributed by atoms with Gasteiger partial charge >= 0.3 is 29.6 Å². The maximum Gasteiger partial charge on any atom is 1.00 e. The minimum Gasteiger partial charge on any atom is -0.746 e. The summed E-state index contributed by atoms with van der Waals surface area (Å²) < 4.78 is 31.1. The molecule has 1 N–H and O–H groups in total. The van der Waals surface area contributed by atoms with Crippen molar-refractivity contribution < 1.29 is 47.6 Å². The van der Waals surface area contributed by atoms with Crippen molar-refractivity contribution >= 4 is 21.7 Å². The summed E-state index contributed by atoms with van der Waals surface area (Å²) in [5.74, 6) is 0. The average molecular weight is 245 g/mol. The van der Waals surface area contributed by atoms with Crippen LogP contribution < -0.4 is 29.6 Å². The first-order valence-corrected chi connectivity index (χ1v) is 5.14. The number of aliphatic hydroxyl groups excluding tert-OH is 1. The molecule has 0 aromatic heterocycles. The van der Waals surface area contributed by atoms with Crippen LogP contribution in [0.1, 0.15) is 11.0 Å². The molecule has 1 unspecified atom stereocenters. The van der Waals surface area contributed by atoms with Gasteiger partial charge in [0.15, 0.2) is 5.44 Å². The van der Waals surface area contributed by atoms with Gasteiger partial charge in [-0.2, -0.15) is 0 Å². The van der Waals surface area contributed by atoms with Crippen molar-refractivity contribution in [1.29, 1.82) is 0 Å². The van der Waals surface area contributed by atoms with Gasteiger partial charge in [0.2, 0.25) is 0 Å². The van der Waals surface area contributed by atoms with E-state index in [9.17, 15) is 13.0 Å². The molecule has 0 aliphatic carbocycles. The Morgan fingerprint density at radius 2 is 1.71 bits per heavy atom. The summed E-state index contributed by atoms with van der Waals surface area (Å²) >= 11 is 5.52. The zero-order valence-electron chi connectivity index (χ0n) is 7.34. The van der Waals surface area contributed by atoms with Crippen LogP contribution in [0, 0.1) is 0 Å². The molecule has 0 aliphatic heterocycles. The molecule has 0 bridgehead atoms. The molecular formula is C7H6ClNaO4S. The number of benzene rings is 1. The molecule has 72 valence electrons. The van der Waals surface area contributed by atoms with Gasteiger partial charge in [0.05, 0.1) is 0 Å². The van der Waals surface area contributed by atoms with Crippen LogP contribution in [0.4, 0.5) is 0 Å². The Morgan fingerprint density at radius 1 is 1.29 bits per heavy atom. The quantitative estimate of drug-likeness (QED) is 0.477. The number of hydrogen-bond donors (Lipinski definition) is 1. The van der Waals surface area contributed by atoms with Gasteiger partial charge in [-0.15, -0.1) is 0 Å². The number of halogens is 1. The van der Waals surface area contributed by atoms with Crippen LogP contribution in [0.5, 0.6) is 0 Å². The Kier molecular flexibility index (Phi) is 5.61. The second kappa shape index (κ2) is 5.46. The Bertz CT molecular complexity index is 389. The van der Waals surface area contributed by atoms with Crippen molar-refractivity contribution in [3.05, 3.63) is 34.9 Å². The molecule has 0 aliphatic rings. The van der Waals surface area contributed by atoms with E-state index in [1.165, 1.54) is 24.3 Å². The van der Waals surface area contributed by atoms with E-state index in [0.717, 1.165) is 0 Å². The predicted molar refractivity (Wildman–Crippen MR) is 46.1 cm³/mol. The van der Waals surface area contributed by atoms with E-state index in [1.54, 1.807) is 0 Å². The number of aliphatic hydroxyl groups is 1. The second-order valence-corrected chi connectivity index (χ2v) is 4.27. The van der Waals surface area contributed by atoms with E-state index in [0.29, 0.717) is 5.02 Å². The third-order valence-corrected chi connectivity index (χ3v) is 2.50. The first kappa shape index (κ1) is 14.4. The van der Waals surface area contributed by atoms with Gasteiger partial charge in [0.1, 0.15) is 10.1 Å². The van der Waals surface area contributed by atoms with Crippen LogP contribution in [0.25, 0.3) is 0 Å². The first-order chi connectivity index (χ1) is 5.91. The minimum absolute atomic E-state index is 0. The van der Waals surface area contributed by atoms with Crippen LogP contribution in [0.15, 0.2) is 24.3 Å². The largest absolute Gasteiger partial charge is 1.00 e. The van der Waals surface area contributed by atoms with Crippen molar-refractivity contribution in [2.24, 2.45) is 0 Å². The van der Waals surface area contributed by atoms with Gasteiger partial charge in [0, 0.05) is 5.02 Å². The fraction of sp³-hybridized carbons (Fsp3) is 0.143. The van der Waals surface area contributed by atoms with E-state index in [1.807, 2.05) is 0 Å². The topological polar surface area (TPSA) is 77.4 Å². The molecule has 0 amide bonds. The van der Waals surface area contributed by atoms with Gasteiger partial charge in [-0.05, 0) is 17.7 Å². The molecule has 1 atom stereocenters. The number of rotatable bonds is 2. The minimum atomic E-state index is -4.71. The Labute approximate surface area is 109 Å². The average Bonchev–Trinajstić information content (AvgIpc) is 2.03. The molecule has 0 saturated carbocycles. The Balaban J connectivity index is 0.00000169. The van der Waals surface area contributed by atoms with Gasteiger partial charge in [-0.3, -0.25) is 0 Å². The monoisotopic (exact) mass is 244 g/mol. The third kappa shape index (κ3) is 3.86. The van der Waals surface area contributed by atoms with Crippen molar-refractivity contribution in [2.75, 3.05) is 0 Å². The standard InChI is InChI=1S/C7H7ClO4S.Na/c8-6-3-1-5(2-4-6)7(9)13(10,11)12;/h1-4,7,9H,(H,10,11,12);/q;+1/p-1. The zero-order chi connectivity index (χ0) is 10.1. The van der Waals surface area contributed by atoms with Crippen LogP contribution in [-0.4, -0.2) is 18.1 Å². The van der Waals surface area contributed by atoms with E-state index in [2.05, 4.69) is 0 Å². The van der Waals surface area contributed by atoms with Crippen LogP contribution in [0.2, 0.25) is 5.02 Å². The SMILES string of the molecule is O=S(=O)([O-])C(O)c1ccc(Cl)cc1.[Na+]. The molecule has 0 saturated heterocycles. The zero-order valence-corrected chi connectivity index (χ0v) is 10.9. The summed E-state index contributed by atoms with van der Waals surface area (Å²) in [4.78, 5) is 0. The molecule has 0 radical (unpaired) electrons. The van der Waals surface area contributed by atoms with Crippen LogP contribution >= 0.6 is 11.6 Å². The van der Waals surface area contributed by atoms with Gasteiger partial charge in [0.25, 0.3) is 0 Å². The predicted octanol–water partition coefficient (Wildman–Crippen LogP) is -2.12. The molecule has 7 heteroatoms. The molecule has 1 rings (SSSR count). The van der Waals surface area contributed by atoms with Crippen molar-refractivity contribution in [1.82, 2.24) is 0 Å². The molecule has 1 aromatic carbocycles. The van der Waals surface area contributed by atoms with Crippen molar-refractivity contribution in [3.8, 4) is 0 Å². The summed E-state index contributed by atoms with van der Waals surface area (Å²) in [5.41, 5.74) is -2.01. The van der Waals surface area contributed by atoms with E-state index in [-0.39, 0.29) is 35.1 Å². The summed E-state index contributed by atoms with van der Waals surface area (Å²) in [6.07, 6.45) is 0. The van der Waals surface area contributed by atoms with Crippen molar-refractivity contribution in [2.45, 2.75) is 5.44 Å². The fourth-order valence-electron chi connectivity index (χ4n) is 0.794.